The second-order valence-electron chi connectivity index (χ2n) is 11.1. The average Bonchev–Trinajstić information content (AvgIpc) is 3.48. The molecular formula is C29H30ClF3N8O4S. The normalized spacial score (nSPS) is 14.6. The molecule has 0 radical (unpaired) electrons. The lowest BCUT2D eigenvalue weighted by atomic mass is 10.2. The van der Waals surface area contributed by atoms with Crippen LogP contribution in [0.1, 0.15) is 70.2 Å². The molecule has 4 heterocycles. The SMILES string of the molecule is CC(NC(=O)c1cc(C#CCN2CCN(C(=O)OC(C)(C)C)CC2)ncn1)c1ncc(C(=O)Nc2cc(C(F)(F)F)c(Cl)cn2)s1. The first-order valence-corrected chi connectivity index (χ1v) is 15.1. The van der Waals surface area contributed by atoms with Crippen LogP contribution in [-0.2, 0) is 10.9 Å². The number of halogens is 4. The van der Waals surface area contributed by atoms with Crippen molar-refractivity contribution in [3.8, 4) is 11.8 Å². The Balaban J connectivity index is 1.29. The van der Waals surface area contributed by atoms with Gasteiger partial charge in [0.05, 0.1) is 29.4 Å². The summed E-state index contributed by atoms with van der Waals surface area (Å²) in [6.07, 6.45) is -1.78. The van der Waals surface area contributed by atoms with Crippen molar-refractivity contribution >= 4 is 46.7 Å². The maximum absolute atomic E-state index is 13.1. The predicted molar refractivity (Wildman–Crippen MR) is 163 cm³/mol. The number of alkyl halides is 3. The molecule has 1 atom stereocenters. The summed E-state index contributed by atoms with van der Waals surface area (Å²) in [4.78, 5) is 57.6. The Hall–Kier alpha value is -4.33. The van der Waals surface area contributed by atoms with Crippen molar-refractivity contribution in [2.24, 2.45) is 0 Å². The summed E-state index contributed by atoms with van der Waals surface area (Å²) in [5.74, 6) is 4.38. The number of anilines is 1. The number of ether oxygens (including phenoxy) is 1. The molecule has 1 aliphatic rings. The highest BCUT2D eigenvalue weighted by molar-refractivity contribution is 7.13. The quantitative estimate of drug-likeness (QED) is 0.356. The first-order chi connectivity index (χ1) is 21.6. The number of nitrogens with one attached hydrogen (secondary N) is 2. The number of aromatic nitrogens is 4. The van der Waals surface area contributed by atoms with E-state index < -0.39 is 40.2 Å². The zero-order valence-electron chi connectivity index (χ0n) is 25.2. The molecule has 3 amide bonds. The molecule has 0 bridgehead atoms. The molecule has 4 rings (SSSR count). The van der Waals surface area contributed by atoms with Gasteiger partial charge in [-0.3, -0.25) is 14.5 Å². The van der Waals surface area contributed by atoms with Gasteiger partial charge in [0.15, 0.2) is 0 Å². The molecule has 0 saturated carbocycles. The van der Waals surface area contributed by atoms with Gasteiger partial charge in [0.1, 0.15) is 39.0 Å². The van der Waals surface area contributed by atoms with Crippen LogP contribution in [0.4, 0.5) is 23.8 Å². The maximum atomic E-state index is 13.1. The van der Waals surface area contributed by atoms with E-state index in [0.29, 0.717) is 49.5 Å². The number of hydrogen-bond acceptors (Lipinski definition) is 10. The number of pyridine rings is 1. The second-order valence-corrected chi connectivity index (χ2v) is 12.6. The van der Waals surface area contributed by atoms with Crippen LogP contribution in [0.3, 0.4) is 0 Å². The number of rotatable bonds is 6. The zero-order valence-corrected chi connectivity index (χ0v) is 26.8. The monoisotopic (exact) mass is 678 g/mol. The van der Waals surface area contributed by atoms with Gasteiger partial charge in [0, 0.05) is 38.4 Å². The van der Waals surface area contributed by atoms with E-state index in [4.69, 9.17) is 16.3 Å². The van der Waals surface area contributed by atoms with Gasteiger partial charge < -0.3 is 20.3 Å². The summed E-state index contributed by atoms with van der Waals surface area (Å²) in [5, 5.41) is 4.82. The molecule has 244 valence electrons. The van der Waals surface area contributed by atoms with Crippen LogP contribution in [0.5, 0.6) is 0 Å². The molecule has 46 heavy (non-hydrogen) atoms. The minimum Gasteiger partial charge on any atom is -0.444 e. The van der Waals surface area contributed by atoms with E-state index in [2.05, 4.69) is 47.3 Å². The van der Waals surface area contributed by atoms with Gasteiger partial charge in [-0.05, 0) is 39.7 Å². The summed E-state index contributed by atoms with van der Waals surface area (Å²) >= 11 is 6.52. The Morgan fingerprint density at radius 1 is 1.04 bits per heavy atom. The average molecular weight is 679 g/mol. The van der Waals surface area contributed by atoms with E-state index in [1.54, 1.807) is 11.8 Å². The number of hydrogen-bond donors (Lipinski definition) is 2. The molecule has 0 spiro atoms. The van der Waals surface area contributed by atoms with Gasteiger partial charge in [0.25, 0.3) is 11.8 Å². The molecule has 2 N–H and O–H groups in total. The van der Waals surface area contributed by atoms with Crippen LogP contribution in [0.25, 0.3) is 0 Å². The van der Waals surface area contributed by atoms with Gasteiger partial charge in [-0.2, -0.15) is 13.2 Å². The fraction of sp³-hybridized carbons (Fsp3) is 0.414. The number of amides is 3. The highest BCUT2D eigenvalue weighted by Gasteiger charge is 2.34. The molecular weight excluding hydrogens is 649 g/mol. The summed E-state index contributed by atoms with van der Waals surface area (Å²) in [6.45, 7) is 9.91. The summed E-state index contributed by atoms with van der Waals surface area (Å²) < 4.78 is 44.8. The van der Waals surface area contributed by atoms with Gasteiger partial charge in [-0.15, -0.1) is 11.3 Å². The van der Waals surface area contributed by atoms with Crippen LogP contribution in [0.2, 0.25) is 5.02 Å². The Morgan fingerprint density at radius 2 is 1.76 bits per heavy atom. The zero-order chi connectivity index (χ0) is 33.6. The van der Waals surface area contributed by atoms with Crippen molar-refractivity contribution in [2.75, 3.05) is 38.0 Å². The van der Waals surface area contributed by atoms with Gasteiger partial charge in [-0.1, -0.05) is 17.5 Å². The lowest BCUT2D eigenvalue weighted by molar-refractivity contribution is -0.137. The standard InChI is InChI=1S/C29H30ClF3N8O4S/c1-17(26-35-15-22(46-26)25(43)39-23-13-19(29(31,32)33)20(30)14-34-23)38-24(42)21-12-18(36-16-37-21)6-5-7-40-8-10-41(11-9-40)27(44)45-28(2,3)4/h12-17H,7-11H2,1-4H3,(H,38,42)(H,34,39,43). The number of thiazole rings is 1. The number of piperazine rings is 1. The minimum atomic E-state index is -4.72. The van der Waals surface area contributed by atoms with Crippen molar-refractivity contribution in [1.82, 2.24) is 35.1 Å². The topological polar surface area (TPSA) is 143 Å². The molecule has 0 aliphatic carbocycles. The summed E-state index contributed by atoms with van der Waals surface area (Å²) in [6, 6.07) is 1.46. The van der Waals surface area contributed by atoms with Crippen LogP contribution in [-0.4, -0.2) is 86.0 Å². The second kappa shape index (κ2) is 14.4. The van der Waals surface area contributed by atoms with Crippen LogP contribution in [0, 0.1) is 11.8 Å². The predicted octanol–water partition coefficient (Wildman–Crippen LogP) is 4.65. The molecule has 1 fully saturated rings. The number of carbonyl (C=O) groups excluding carboxylic acids is 3. The fourth-order valence-corrected chi connectivity index (χ4v) is 5.06. The van der Waals surface area contributed by atoms with E-state index >= 15 is 0 Å². The fourth-order valence-electron chi connectivity index (χ4n) is 4.03. The van der Waals surface area contributed by atoms with E-state index in [-0.39, 0.29) is 22.5 Å². The van der Waals surface area contributed by atoms with E-state index in [0.717, 1.165) is 17.5 Å². The summed E-state index contributed by atoms with van der Waals surface area (Å²) in [5.41, 5.74) is -1.27. The number of carbonyl (C=O) groups is 3. The Bertz CT molecular complexity index is 1660. The van der Waals surface area contributed by atoms with Crippen molar-refractivity contribution in [3.63, 3.8) is 0 Å². The largest absolute Gasteiger partial charge is 0.444 e. The Kier molecular flexibility index (Phi) is 10.8. The van der Waals surface area contributed by atoms with E-state index in [1.165, 1.54) is 18.6 Å². The van der Waals surface area contributed by atoms with E-state index in [1.807, 2.05) is 20.8 Å². The maximum Gasteiger partial charge on any atom is 0.418 e. The van der Waals surface area contributed by atoms with Crippen LogP contribution >= 0.6 is 22.9 Å². The molecule has 1 unspecified atom stereocenters. The van der Waals surface area contributed by atoms with Gasteiger partial charge in [-0.25, -0.2) is 24.7 Å². The molecule has 0 aromatic carbocycles. The first kappa shape index (κ1) is 34.5. The lowest BCUT2D eigenvalue weighted by Gasteiger charge is -2.34. The Labute approximate surface area is 271 Å². The molecule has 3 aromatic rings. The molecule has 3 aromatic heterocycles. The Morgan fingerprint density at radius 3 is 2.43 bits per heavy atom. The molecule has 17 heteroatoms. The smallest absolute Gasteiger partial charge is 0.418 e. The highest BCUT2D eigenvalue weighted by Crippen LogP contribution is 2.35. The van der Waals surface area contributed by atoms with Crippen molar-refractivity contribution in [2.45, 2.75) is 45.5 Å². The summed E-state index contributed by atoms with van der Waals surface area (Å²) in [7, 11) is 0. The molecule has 1 saturated heterocycles. The lowest BCUT2D eigenvalue weighted by Crippen LogP contribution is -2.50. The van der Waals surface area contributed by atoms with Gasteiger partial charge >= 0.3 is 12.3 Å². The van der Waals surface area contributed by atoms with Crippen LogP contribution in [0.15, 0.2) is 30.9 Å². The first-order valence-electron chi connectivity index (χ1n) is 13.9. The van der Waals surface area contributed by atoms with Gasteiger partial charge in [0.2, 0.25) is 0 Å². The molecule has 1 aliphatic heterocycles. The van der Waals surface area contributed by atoms with Crippen molar-refractivity contribution < 1.29 is 32.3 Å². The minimum absolute atomic E-state index is 0.0703. The van der Waals surface area contributed by atoms with E-state index in [9.17, 15) is 27.6 Å². The third-order valence-corrected chi connectivity index (χ3v) is 7.79. The highest BCUT2D eigenvalue weighted by atomic mass is 35.5. The number of nitrogens with zero attached hydrogens (tertiary/aromatic N) is 6. The molecule has 12 nitrogen and oxygen atoms in total. The van der Waals surface area contributed by atoms with Crippen LogP contribution < -0.4 is 10.6 Å². The third kappa shape index (κ3) is 9.59. The van der Waals surface area contributed by atoms with Crippen molar-refractivity contribution in [1.29, 1.82) is 0 Å². The third-order valence-electron chi connectivity index (χ3n) is 6.31. The van der Waals surface area contributed by atoms with Crippen molar-refractivity contribution in [3.05, 3.63) is 62.7 Å².